The Morgan fingerprint density at radius 2 is 2.31 bits per heavy atom. The number of hydrogen-bond acceptors (Lipinski definition) is 1. The fourth-order valence-corrected chi connectivity index (χ4v) is 3.25. The molecule has 2 saturated heterocycles. The minimum atomic E-state index is 0.402. The number of hydrogen-bond donors (Lipinski definition) is 0. The van der Waals surface area contributed by atoms with Gasteiger partial charge in [0, 0.05) is 19.0 Å². The molecule has 0 radical (unpaired) electrons. The van der Waals surface area contributed by atoms with Crippen molar-refractivity contribution >= 4 is 5.91 Å². The predicted molar refractivity (Wildman–Crippen MR) is 50.1 cm³/mol. The van der Waals surface area contributed by atoms with Gasteiger partial charge in [-0.05, 0) is 31.1 Å². The summed E-state index contributed by atoms with van der Waals surface area (Å²) in [5, 5.41) is 0. The molecule has 2 heterocycles. The van der Waals surface area contributed by atoms with Crippen LogP contribution in [0.2, 0.25) is 0 Å². The smallest absolute Gasteiger partial charge is 0.222 e. The van der Waals surface area contributed by atoms with E-state index in [0.29, 0.717) is 17.9 Å². The number of carbonyl (C=O) groups excluding carboxylic acids is 1. The number of allylic oxidation sites excluding steroid dienone is 1. The predicted octanol–water partition coefficient (Wildman–Crippen LogP) is 1.57. The molecule has 0 aromatic carbocycles. The molecule has 13 heavy (non-hydrogen) atoms. The highest BCUT2D eigenvalue weighted by atomic mass is 16.2. The maximum atomic E-state index is 11.6. The standard InChI is InChI=1S/C11H15NO/c13-10-5-4-8-2-1-3-9-6-7-12(10)11(8)9/h1,3,8-9,11H,2,4-7H2/t8-,9+,11+/m0/s1. The number of carbonyl (C=O) groups is 1. The second kappa shape index (κ2) is 2.60. The third-order valence-electron chi connectivity index (χ3n) is 3.86. The molecule has 0 bridgehead atoms. The van der Waals surface area contributed by atoms with Gasteiger partial charge in [-0.15, -0.1) is 0 Å². The van der Waals surface area contributed by atoms with Crippen LogP contribution in [0.5, 0.6) is 0 Å². The Morgan fingerprint density at radius 3 is 3.23 bits per heavy atom. The Bertz CT molecular complexity index is 271. The molecule has 0 unspecified atom stereocenters. The SMILES string of the molecule is O=C1CC[C@@H]2CC=C[C@@H]3CCN1[C@H]23. The second-order valence-corrected chi connectivity index (χ2v) is 4.49. The summed E-state index contributed by atoms with van der Waals surface area (Å²) in [4.78, 5) is 13.7. The molecule has 0 spiro atoms. The maximum Gasteiger partial charge on any atom is 0.222 e. The number of amides is 1. The van der Waals surface area contributed by atoms with Crippen molar-refractivity contribution in [2.24, 2.45) is 11.8 Å². The quantitative estimate of drug-likeness (QED) is 0.514. The van der Waals surface area contributed by atoms with Crippen molar-refractivity contribution in [1.29, 1.82) is 0 Å². The highest BCUT2D eigenvalue weighted by Gasteiger charge is 2.44. The maximum absolute atomic E-state index is 11.6. The molecule has 3 aliphatic rings. The van der Waals surface area contributed by atoms with Gasteiger partial charge in [-0.3, -0.25) is 4.79 Å². The van der Waals surface area contributed by atoms with Crippen molar-refractivity contribution < 1.29 is 4.79 Å². The van der Waals surface area contributed by atoms with E-state index < -0.39 is 0 Å². The lowest BCUT2D eigenvalue weighted by atomic mass is 9.77. The van der Waals surface area contributed by atoms with Gasteiger partial charge in [0.15, 0.2) is 0 Å². The van der Waals surface area contributed by atoms with Crippen LogP contribution in [-0.2, 0) is 4.79 Å². The van der Waals surface area contributed by atoms with E-state index in [-0.39, 0.29) is 0 Å². The van der Waals surface area contributed by atoms with Gasteiger partial charge in [0.2, 0.25) is 5.91 Å². The molecule has 3 rings (SSSR count). The molecule has 2 aliphatic heterocycles. The van der Waals surface area contributed by atoms with Crippen LogP contribution >= 0.6 is 0 Å². The number of nitrogens with zero attached hydrogens (tertiary/aromatic N) is 1. The molecular formula is C11H15NO. The van der Waals surface area contributed by atoms with Gasteiger partial charge in [0.05, 0.1) is 0 Å². The van der Waals surface area contributed by atoms with Gasteiger partial charge >= 0.3 is 0 Å². The van der Waals surface area contributed by atoms with Crippen LogP contribution in [0.25, 0.3) is 0 Å². The first-order chi connectivity index (χ1) is 6.36. The number of rotatable bonds is 0. The van der Waals surface area contributed by atoms with Crippen LogP contribution in [0.4, 0.5) is 0 Å². The van der Waals surface area contributed by atoms with Gasteiger partial charge in [0.1, 0.15) is 0 Å². The summed E-state index contributed by atoms with van der Waals surface area (Å²) in [5.74, 6) is 1.86. The highest BCUT2D eigenvalue weighted by molar-refractivity contribution is 5.78. The summed E-state index contributed by atoms with van der Waals surface area (Å²) in [6, 6.07) is 0.575. The second-order valence-electron chi connectivity index (χ2n) is 4.49. The van der Waals surface area contributed by atoms with Crippen molar-refractivity contribution in [3.63, 3.8) is 0 Å². The summed E-state index contributed by atoms with van der Waals surface area (Å²) in [6.07, 6.45) is 8.97. The average Bonchev–Trinajstić information content (AvgIpc) is 2.57. The van der Waals surface area contributed by atoms with Gasteiger partial charge in [0.25, 0.3) is 0 Å². The summed E-state index contributed by atoms with van der Waals surface area (Å²) in [7, 11) is 0. The molecule has 2 fully saturated rings. The summed E-state index contributed by atoms with van der Waals surface area (Å²) in [6.45, 7) is 1.01. The van der Waals surface area contributed by atoms with Gasteiger partial charge in [-0.25, -0.2) is 0 Å². The van der Waals surface area contributed by atoms with Gasteiger partial charge < -0.3 is 4.90 Å². The Balaban J connectivity index is 1.95. The minimum absolute atomic E-state index is 0.402. The Morgan fingerprint density at radius 1 is 1.38 bits per heavy atom. The van der Waals surface area contributed by atoms with E-state index in [1.807, 2.05) is 0 Å². The summed E-state index contributed by atoms with van der Waals surface area (Å²) >= 11 is 0. The minimum Gasteiger partial charge on any atom is -0.339 e. The molecule has 3 atom stereocenters. The summed E-state index contributed by atoms with van der Waals surface area (Å²) < 4.78 is 0. The van der Waals surface area contributed by atoms with E-state index in [9.17, 15) is 4.79 Å². The largest absolute Gasteiger partial charge is 0.339 e. The molecule has 70 valence electrons. The van der Waals surface area contributed by atoms with Crippen LogP contribution < -0.4 is 0 Å². The van der Waals surface area contributed by atoms with E-state index in [0.717, 1.165) is 25.3 Å². The Labute approximate surface area is 78.6 Å². The van der Waals surface area contributed by atoms with Crippen molar-refractivity contribution in [3.05, 3.63) is 12.2 Å². The van der Waals surface area contributed by atoms with E-state index in [2.05, 4.69) is 17.1 Å². The van der Waals surface area contributed by atoms with Crippen LogP contribution in [0, 0.1) is 11.8 Å². The monoisotopic (exact) mass is 177 g/mol. The van der Waals surface area contributed by atoms with E-state index in [1.165, 1.54) is 12.8 Å². The van der Waals surface area contributed by atoms with Crippen molar-refractivity contribution in [1.82, 2.24) is 4.90 Å². The highest BCUT2D eigenvalue weighted by Crippen LogP contribution is 2.41. The first-order valence-corrected chi connectivity index (χ1v) is 5.32. The van der Waals surface area contributed by atoms with Gasteiger partial charge in [-0.1, -0.05) is 12.2 Å². The van der Waals surface area contributed by atoms with Crippen LogP contribution in [0.15, 0.2) is 12.2 Å². The van der Waals surface area contributed by atoms with Crippen LogP contribution in [0.3, 0.4) is 0 Å². The van der Waals surface area contributed by atoms with Crippen LogP contribution in [-0.4, -0.2) is 23.4 Å². The molecule has 1 amide bonds. The molecule has 0 aromatic rings. The number of piperidine rings is 1. The first-order valence-electron chi connectivity index (χ1n) is 5.32. The van der Waals surface area contributed by atoms with E-state index >= 15 is 0 Å². The fourth-order valence-electron chi connectivity index (χ4n) is 3.25. The fraction of sp³-hybridized carbons (Fsp3) is 0.727. The van der Waals surface area contributed by atoms with Crippen LogP contribution in [0.1, 0.15) is 25.7 Å². The zero-order chi connectivity index (χ0) is 8.84. The van der Waals surface area contributed by atoms with Crippen molar-refractivity contribution in [2.75, 3.05) is 6.54 Å². The van der Waals surface area contributed by atoms with E-state index in [1.54, 1.807) is 0 Å². The molecule has 1 aliphatic carbocycles. The first kappa shape index (κ1) is 7.60. The Hall–Kier alpha value is -0.790. The molecule has 2 nitrogen and oxygen atoms in total. The molecular weight excluding hydrogens is 162 g/mol. The lowest BCUT2D eigenvalue weighted by Crippen LogP contribution is -2.47. The lowest BCUT2D eigenvalue weighted by Gasteiger charge is -2.40. The normalized spacial score (nSPS) is 42.3. The zero-order valence-corrected chi connectivity index (χ0v) is 7.78. The molecule has 0 N–H and O–H groups in total. The lowest BCUT2D eigenvalue weighted by molar-refractivity contribution is -0.137. The third kappa shape index (κ3) is 0.976. The topological polar surface area (TPSA) is 20.3 Å². The van der Waals surface area contributed by atoms with Crippen molar-refractivity contribution in [2.45, 2.75) is 31.7 Å². The zero-order valence-electron chi connectivity index (χ0n) is 7.78. The van der Waals surface area contributed by atoms with Gasteiger partial charge in [-0.2, -0.15) is 0 Å². The molecule has 2 heteroatoms. The molecule has 0 aromatic heterocycles. The third-order valence-corrected chi connectivity index (χ3v) is 3.86. The molecule has 0 saturated carbocycles. The average molecular weight is 177 g/mol. The van der Waals surface area contributed by atoms with Crippen molar-refractivity contribution in [3.8, 4) is 0 Å². The Kier molecular flexibility index (Phi) is 1.52. The summed E-state index contributed by atoms with van der Waals surface area (Å²) in [5.41, 5.74) is 0. The van der Waals surface area contributed by atoms with E-state index in [4.69, 9.17) is 0 Å².